The van der Waals surface area contributed by atoms with Crippen molar-refractivity contribution in [1.82, 2.24) is 4.90 Å². The Morgan fingerprint density at radius 3 is 2.14 bits per heavy atom. The van der Waals surface area contributed by atoms with Crippen molar-refractivity contribution in [1.29, 1.82) is 0 Å². The zero-order chi connectivity index (χ0) is 20.3. The molecule has 0 aromatic heterocycles. The molecular formula is C21H20N2O3S2. The lowest BCUT2D eigenvalue weighted by Gasteiger charge is -2.20. The minimum Gasteiger partial charge on any atom is -0.358 e. The molecule has 2 aromatic carbocycles. The Morgan fingerprint density at radius 1 is 0.964 bits per heavy atom. The Hall–Kier alpha value is -2.51. The summed E-state index contributed by atoms with van der Waals surface area (Å²) in [5.41, 5.74) is 1.96. The first-order valence-corrected chi connectivity index (χ1v) is 10.4. The first-order chi connectivity index (χ1) is 13.5. The van der Waals surface area contributed by atoms with Gasteiger partial charge in [0, 0.05) is 41.0 Å². The SMILES string of the molecule is CCN(CC)C(=S)SCC(=O)Nc1ccc2c(c1)C(=O)c1ccccc1C2=O. The van der Waals surface area contributed by atoms with Crippen LogP contribution in [0.25, 0.3) is 0 Å². The summed E-state index contributed by atoms with van der Waals surface area (Å²) in [6.45, 7) is 5.62. The van der Waals surface area contributed by atoms with E-state index in [1.165, 1.54) is 11.8 Å². The fraction of sp³-hybridized carbons (Fsp3) is 0.238. The van der Waals surface area contributed by atoms with Crippen molar-refractivity contribution in [2.75, 3.05) is 24.2 Å². The van der Waals surface area contributed by atoms with Gasteiger partial charge in [0.1, 0.15) is 4.32 Å². The zero-order valence-electron chi connectivity index (χ0n) is 15.7. The highest BCUT2D eigenvalue weighted by Crippen LogP contribution is 2.29. The molecule has 1 N–H and O–H groups in total. The van der Waals surface area contributed by atoms with E-state index in [4.69, 9.17) is 12.2 Å². The number of hydrogen-bond donors (Lipinski definition) is 1. The van der Waals surface area contributed by atoms with Crippen LogP contribution in [0.1, 0.15) is 45.7 Å². The Bertz CT molecular complexity index is 968. The molecule has 0 bridgehead atoms. The Morgan fingerprint density at radius 2 is 1.54 bits per heavy atom. The van der Waals surface area contributed by atoms with Crippen molar-refractivity contribution in [3.05, 3.63) is 64.7 Å². The summed E-state index contributed by atoms with van der Waals surface area (Å²) >= 11 is 6.63. The van der Waals surface area contributed by atoms with Crippen LogP contribution in [-0.4, -0.2) is 45.5 Å². The summed E-state index contributed by atoms with van der Waals surface area (Å²) in [7, 11) is 0. The number of benzene rings is 2. The van der Waals surface area contributed by atoms with Crippen LogP contribution in [0.15, 0.2) is 42.5 Å². The molecule has 0 spiro atoms. The van der Waals surface area contributed by atoms with Crippen molar-refractivity contribution in [3.63, 3.8) is 0 Å². The fourth-order valence-electron chi connectivity index (χ4n) is 3.07. The van der Waals surface area contributed by atoms with Crippen LogP contribution in [0.2, 0.25) is 0 Å². The summed E-state index contributed by atoms with van der Waals surface area (Å²) in [5, 5.41) is 2.78. The van der Waals surface area contributed by atoms with Crippen molar-refractivity contribution in [3.8, 4) is 0 Å². The van der Waals surface area contributed by atoms with E-state index in [-0.39, 0.29) is 23.2 Å². The lowest BCUT2D eigenvalue weighted by atomic mass is 9.84. The molecule has 1 amide bonds. The van der Waals surface area contributed by atoms with Gasteiger partial charge >= 0.3 is 0 Å². The zero-order valence-corrected chi connectivity index (χ0v) is 17.3. The van der Waals surface area contributed by atoms with Gasteiger partial charge in [-0.15, -0.1) is 0 Å². The number of anilines is 1. The second kappa shape index (κ2) is 8.67. The lowest BCUT2D eigenvalue weighted by molar-refractivity contribution is -0.113. The number of nitrogens with zero attached hydrogens (tertiary/aromatic N) is 1. The lowest BCUT2D eigenvalue weighted by Crippen LogP contribution is -2.28. The molecule has 0 aliphatic heterocycles. The van der Waals surface area contributed by atoms with Crippen LogP contribution in [-0.2, 0) is 4.79 Å². The molecule has 144 valence electrons. The number of rotatable bonds is 5. The van der Waals surface area contributed by atoms with Crippen molar-refractivity contribution in [2.45, 2.75) is 13.8 Å². The average Bonchev–Trinajstić information content (AvgIpc) is 2.71. The number of nitrogens with one attached hydrogen (secondary N) is 1. The summed E-state index contributed by atoms with van der Waals surface area (Å²) in [4.78, 5) is 39.7. The predicted octanol–water partition coefficient (Wildman–Crippen LogP) is 3.76. The van der Waals surface area contributed by atoms with Crippen LogP contribution < -0.4 is 5.32 Å². The van der Waals surface area contributed by atoms with Crippen molar-refractivity contribution >= 4 is 51.5 Å². The van der Waals surface area contributed by atoms with E-state index in [9.17, 15) is 14.4 Å². The molecule has 0 saturated carbocycles. The number of hydrogen-bond acceptors (Lipinski definition) is 5. The minimum absolute atomic E-state index is 0.178. The highest BCUT2D eigenvalue weighted by atomic mass is 32.2. The maximum atomic E-state index is 12.8. The second-order valence-electron chi connectivity index (χ2n) is 6.24. The molecule has 3 rings (SSSR count). The number of fused-ring (bicyclic) bond motifs is 2. The molecule has 5 nitrogen and oxygen atoms in total. The van der Waals surface area contributed by atoms with E-state index < -0.39 is 0 Å². The minimum atomic E-state index is -0.213. The molecule has 0 heterocycles. The smallest absolute Gasteiger partial charge is 0.234 e. The van der Waals surface area contributed by atoms with Gasteiger partial charge in [-0.1, -0.05) is 48.2 Å². The molecule has 7 heteroatoms. The van der Waals surface area contributed by atoms with E-state index >= 15 is 0 Å². The number of ketones is 2. The number of amides is 1. The van der Waals surface area contributed by atoms with Crippen LogP contribution >= 0.6 is 24.0 Å². The molecule has 1 aliphatic rings. The van der Waals surface area contributed by atoms with E-state index in [0.29, 0.717) is 32.3 Å². The molecule has 2 aromatic rings. The van der Waals surface area contributed by atoms with Crippen LogP contribution in [0.5, 0.6) is 0 Å². The number of carbonyl (C=O) groups is 3. The van der Waals surface area contributed by atoms with Crippen molar-refractivity contribution < 1.29 is 14.4 Å². The van der Waals surface area contributed by atoms with Gasteiger partial charge in [-0.05, 0) is 32.0 Å². The fourth-order valence-corrected chi connectivity index (χ4v) is 4.28. The number of thiocarbonyl (C=S) groups is 1. The van der Waals surface area contributed by atoms with E-state index in [2.05, 4.69) is 5.32 Å². The second-order valence-corrected chi connectivity index (χ2v) is 7.85. The summed E-state index contributed by atoms with van der Waals surface area (Å²) in [6, 6.07) is 11.6. The summed E-state index contributed by atoms with van der Waals surface area (Å²) < 4.78 is 0.683. The van der Waals surface area contributed by atoms with Crippen LogP contribution in [0.3, 0.4) is 0 Å². The van der Waals surface area contributed by atoms with Gasteiger partial charge in [0.2, 0.25) is 5.91 Å². The molecule has 0 fully saturated rings. The quantitative estimate of drug-likeness (QED) is 0.644. The van der Waals surface area contributed by atoms with Crippen molar-refractivity contribution in [2.24, 2.45) is 0 Å². The van der Waals surface area contributed by atoms with Crippen LogP contribution in [0.4, 0.5) is 5.69 Å². The molecule has 0 atom stereocenters. The van der Waals surface area contributed by atoms with Gasteiger partial charge in [0.15, 0.2) is 11.6 Å². The van der Waals surface area contributed by atoms with E-state index in [0.717, 1.165) is 13.1 Å². The largest absolute Gasteiger partial charge is 0.358 e. The first-order valence-electron chi connectivity index (χ1n) is 9.00. The van der Waals surface area contributed by atoms with Gasteiger partial charge in [-0.25, -0.2) is 0 Å². The van der Waals surface area contributed by atoms with Crippen LogP contribution in [0, 0.1) is 0 Å². The standard InChI is InChI=1S/C21H20N2O3S2/c1-3-23(4-2)21(27)28-12-18(24)22-13-9-10-16-17(11-13)20(26)15-8-6-5-7-14(15)19(16)25/h5-11H,3-4,12H2,1-2H3,(H,22,24). The third-order valence-corrected chi connectivity index (χ3v) is 6.08. The molecule has 0 saturated heterocycles. The summed E-state index contributed by atoms with van der Waals surface area (Å²) in [5.74, 6) is -0.418. The highest BCUT2D eigenvalue weighted by Gasteiger charge is 2.29. The highest BCUT2D eigenvalue weighted by molar-refractivity contribution is 8.23. The molecule has 0 radical (unpaired) electrons. The van der Waals surface area contributed by atoms with Gasteiger partial charge in [-0.2, -0.15) is 0 Å². The topological polar surface area (TPSA) is 66.5 Å². The number of thioether (sulfide) groups is 1. The molecule has 0 unspecified atom stereocenters. The molecular weight excluding hydrogens is 392 g/mol. The first kappa shape index (κ1) is 20.2. The van der Waals surface area contributed by atoms with Gasteiger partial charge in [0.25, 0.3) is 0 Å². The monoisotopic (exact) mass is 412 g/mol. The third kappa shape index (κ3) is 4.00. The Balaban J connectivity index is 1.72. The maximum Gasteiger partial charge on any atom is 0.234 e. The summed E-state index contributed by atoms with van der Waals surface area (Å²) in [6.07, 6.45) is 0. The number of carbonyl (C=O) groups excluding carboxylic acids is 3. The molecule has 28 heavy (non-hydrogen) atoms. The predicted molar refractivity (Wildman–Crippen MR) is 116 cm³/mol. The van der Waals surface area contributed by atoms with Gasteiger partial charge in [0.05, 0.1) is 5.75 Å². The Labute approximate surface area is 173 Å². The van der Waals surface area contributed by atoms with Gasteiger partial charge < -0.3 is 10.2 Å². The van der Waals surface area contributed by atoms with E-state index in [1.807, 2.05) is 18.7 Å². The van der Waals surface area contributed by atoms with E-state index in [1.54, 1.807) is 42.5 Å². The van der Waals surface area contributed by atoms with Gasteiger partial charge in [-0.3, -0.25) is 14.4 Å². The third-order valence-electron chi connectivity index (χ3n) is 4.56. The molecule has 1 aliphatic carbocycles. The maximum absolute atomic E-state index is 12.8. The average molecular weight is 413 g/mol. The Kier molecular flexibility index (Phi) is 6.26. The normalized spacial score (nSPS) is 12.2.